The Labute approximate surface area is 139 Å². The summed E-state index contributed by atoms with van der Waals surface area (Å²) in [6.07, 6.45) is 3.52. The van der Waals surface area contributed by atoms with Gasteiger partial charge in [-0.15, -0.1) is 0 Å². The summed E-state index contributed by atoms with van der Waals surface area (Å²) in [5, 5.41) is 3.78. The van der Waals surface area contributed by atoms with Crippen LogP contribution >= 0.6 is 23.1 Å². The van der Waals surface area contributed by atoms with Gasteiger partial charge in [-0.25, -0.2) is 0 Å². The molecular formula is C15H23N3O2S2. The Morgan fingerprint density at radius 1 is 1.32 bits per heavy atom. The molecule has 7 heteroatoms. The van der Waals surface area contributed by atoms with Crippen molar-refractivity contribution in [2.45, 2.75) is 18.9 Å². The summed E-state index contributed by atoms with van der Waals surface area (Å²) in [5.74, 6) is 0.963. The van der Waals surface area contributed by atoms with Gasteiger partial charge in [-0.1, -0.05) is 0 Å². The highest BCUT2D eigenvalue weighted by Crippen LogP contribution is 2.13. The minimum atomic E-state index is -0.424. The van der Waals surface area contributed by atoms with Crippen molar-refractivity contribution in [1.29, 1.82) is 0 Å². The molecule has 2 N–H and O–H groups in total. The summed E-state index contributed by atoms with van der Waals surface area (Å²) in [6, 6.07) is 1.42. The highest BCUT2D eigenvalue weighted by atomic mass is 32.2. The minimum Gasteiger partial charge on any atom is -0.340 e. The van der Waals surface area contributed by atoms with Crippen molar-refractivity contribution in [1.82, 2.24) is 9.80 Å². The first-order valence-corrected chi connectivity index (χ1v) is 9.82. The zero-order valence-corrected chi connectivity index (χ0v) is 14.5. The smallest absolute Gasteiger partial charge is 0.254 e. The maximum atomic E-state index is 12.4. The summed E-state index contributed by atoms with van der Waals surface area (Å²) in [4.78, 5) is 28.4. The lowest BCUT2D eigenvalue weighted by Gasteiger charge is -2.24. The van der Waals surface area contributed by atoms with Gasteiger partial charge in [0.1, 0.15) is 0 Å². The molecule has 1 aliphatic rings. The number of thioether (sulfide) groups is 1. The molecule has 2 rings (SSSR count). The Morgan fingerprint density at radius 3 is 2.73 bits per heavy atom. The van der Waals surface area contributed by atoms with E-state index in [1.165, 1.54) is 11.3 Å². The monoisotopic (exact) mass is 341 g/mol. The van der Waals surface area contributed by atoms with E-state index in [0.717, 1.165) is 17.7 Å². The standard InChI is InChI=1S/C15H23N3O2S2/c1-21-9-4-13(16)15(20)18-6-2-5-17(7-8-18)14(19)12-3-10-22-11-12/h3,10-11,13H,2,4-9,16H2,1H3/t13-/m0/s1. The van der Waals surface area contributed by atoms with Crippen LogP contribution in [0.1, 0.15) is 23.2 Å². The lowest BCUT2D eigenvalue weighted by atomic mass is 10.2. The van der Waals surface area contributed by atoms with Gasteiger partial charge in [-0.3, -0.25) is 9.59 Å². The van der Waals surface area contributed by atoms with Gasteiger partial charge in [0.15, 0.2) is 0 Å². The molecule has 5 nitrogen and oxygen atoms in total. The van der Waals surface area contributed by atoms with Gasteiger partial charge in [0.2, 0.25) is 5.91 Å². The summed E-state index contributed by atoms with van der Waals surface area (Å²) >= 11 is 3.22. The van der Waals surface area contributed by atoms with Crippen LogP contribution in [0, 0.1) is 0 Å². The molecule has 1 atom stereocenters. The van der Waals surface area contributed by atoms with Gasteiger partial charge < -0.3 is 15.5 Å². The first kappa shape index (κ1) is 17.3. The Kier molecular flexibility index (Phi) is 6.72. The van der Waals surface area contributed by atoms with Crippen LogP contribution in [0.3, 0.4) is 0 Å². The summed E-state index contributed by atoms with van der Waals surface area (Å²) in [6.45, 7) is 2.52. The maximum absolute atomic E-state index is 12.4. The van der Waals surface area contributed by atoms with Crippen LogP contribution < -0.4 is 5.73 Å². The Balaban J connectivity index is 1.89. The van der Waals surface area contributed by atoms with E-state index >= 15 is 0 Å². The Morgan fingerprint density at radius 2 is 2.05 bits per heavy atom. The van der Waals surface area contributed by atoms with Crippen molar-refractivity contribution in [3.8, 4) is 0 Å². The SMILES string of the molecule is CSCC[C@H](N)C(=O)N1CCCN(C(=O)c2ccsc2)CC1. The van der Waals surface area contributed by atoms with E-state index in [-0.39, 0.29) is 11.8 Å². The molecule has 0 radical (unpaired) electrons. The van der Waals surface area contributed by atoms with Crippen LogP contribution in [0.2, 0.25) is 0 Å². The lowest BCUT2D eigenvalue weighted by molar-refractivity contribution is -0.132. The van der Waals surface area contributed by atoms with Crippen LogP contribution in [0.25, 0.3) is 0 Å². The molecule has 1 aromatic heterocycles. The van der Waals surface area contributed by atoms with Gasteiger partial charge in [0.05, 0.1) is 11.6 Å². The number of amides is 2. The van der Waals surface area contributed by atoms with Gasteiger partial charge in [-0.2, -0.15) is 23.1 Å². The maximum Gasteiger partial charge on any atom is 0.254 e. The van der Waals surface area contributed by atoms with Crippen molar-refractivity contribution < 1.29 is 9.59 Å². The van der Waals surface area contributed by atoms with Crippen LogP contribution in [-0.2, 0) is 4.79 Å². The highest BCUT2D eigenvalue weighted by Gasteiger charge is 2.25. The number of hydrogen-bond acceptors (Lipinski definition) is 5. The van der Waals surface area contributed by atoms with E-state index in [1.54, 1.807) is 11.8 Å². The number of nitrogens with two attached hydrogens (primary N) is 1. The van der Waals surface area contributed by atoms with Gasteiger partial charge >= 0.3 is 0 Å². The third-order valence-electron chi connectivity index (χ3n) is 3.81. The molecule has 1 aliphatic heterocycles. The molecule has 0 unspecified atom stereocenters. The number of hydrogen-bond donors (Lipinski definition) is 1. The second-order valence-corrected chi connectivity index (χ2v) is 7.14. The first-order chi connectivity index (χ1) is 10.6. The summed E-state index contributed by atoms with van der Waals surface area (Å²) in [5.41, 5.74) is 6.71. The van der Waals surface area contributed by atoms with E-state index in [1.807, 2.05) is 32.9 Å². The predicted molar refractivity (Wildman–Crippen MR) is 92.4 cm³/mol. The number of carbonyl (C=O) groups is 2. The molecule has 2 amide bonds. The molecule has 1 fully saturated rings. The fourth-order valence-corrected chi connectivity index (χ4v) is 3.63. The first-order valence-electron chi connectivity index (χ1n) is 7.48. The van der Waals surface area contributed by atoms with E-state index < -0.39 is 6.04 Å². The fraction of sp³-hybridized carbons (Fsp3) is 0.600. The van der Waals surface area contributed by atoms with Crippen molar-refractivity contribution in [2.75, 3.05) is 38.2 Å². The topological polar surface area (TPSA) is 66.6 Å². The lowest BCUT2D eigenvalue weighted by Crippen LogP contribution is -2.45. The van der Waals surface area contributed by atoms with Crippen LogP contribution in [0.4, 0.5) is 0 Å². The van der Waals surface area contributed by atoms with Crippen LogP contribution in [0.5, 0.6) is 0 Å². The van der Waals surface area contributed by atoms with E-state index in [4.69, 9.17) is 5.73 Å². The third-order valence-corrected chi connectivity index (χ3v) is 5.14. The molecule has 2 heterocycles. The van der Waals surface area contributed by atoms with Crippen molar-refractivity contribution in [3.63, 3.8) is 0 Å². The number of thiophene rings is 1. The van der Waals surface area contributed by atoms with Crippen molar-refractivity contribution >= 4 is 34.9 Å². The average molecular weight is 342 g/mol. The van der Waals surface area contributed by atoms with Gasteiger partial charge in [0.25, 0.3) is 5.91 Å². The van der Waals surface area contributed by atoms with E-state index in [0.29, 0.717) is 32.6 Å². The molecule has 0 aromatic carbocycles. The molecule has 0 spiro atoms. The highest BCUT2D eigenvalue weighted by molar-refractivity contribution is 7.98. The van der Waals surface area contributed by atoms with E-state index in [2.05, 4.69) is 0 Å². The molecule has 1 aromatic rings. The quantitative estimate of drug-likeness (QED) is 0.881. The molecule has 122 valence electrons. The number of carbonyl (C=O) groups excluding carboxylic acids is 2. The molecule has 22 heavy (non-hydrogen) atoms. The van der Waals surface area contributed by atoms with E-state index in [9.17, 15) is 9.59 Å². The predicted octanol–water partition coefficient (Wildman–Crippen LogP) is 1.50. The average Bonchev–Trinajstić information content (AvgIpc) is 2.95. The second kappa shape index (κ2) is 8.55. The summed E-state index contributed by atoms with van der Waals surface area (Å²) < 4.78 is 0. The molecular weight excluding hydrogens is 318 g/mol. The van der Waals surface area contributed by atoms with Crippen LogP contribution in [0.15, 0.2) is 16.8 Å². The van der Waals surface area contributed by atoms with Crippen molar-refractivity contribution in [3.05, 3.63) is 22.4 Å². The molecule has 0 saturated carbocycles. The second-order valence-electron chi connectivity index (χ2n) is 5.37. The van der Waals surface area contributed by atoms with Crippen molar-refractivity contribution in [2.24, 2.45) is 5.73 Å². The van der Waals surface area contributed by atoms with Gasteiger partial charge in [-0.05, 0) is 36.3 Å². The van der Waals surface area contributed by atoms with Crippen LogP contribution in [-0.4, -0.2) is 65.8 Å². The largest absolute Gasteiger partial charge is 0.340 e. The normalized spacial score (nSPS) is 17.2. The summed E-state index contributed by atoms with van der Waals surface area (Å²) in [7, 11) is 0. The Hall–Kier alpha value is -1.05. The zero-order chi connectivity index (χ0) is 15.9. The fourth-order valence-electron chi connectivity index (χ4n) is 2.51. The third kappa shape index (κ3) is 4.47. The minimum absolute atomic E-state index is 0.0129. The number of rotatable bonds is 5. The molecule has 0 bridgehead atoms. The Bertz CT molecular complexity index is 493. The molecule has 1 saturated heterocycles. The zero-order valence-electron chi connectivity index (χ0n) is 12.9. The number of nitrogens with zero attached hydrogens (tertiary/aromatic N) is 2. The molecule has 0 aliphatic carbocycles. The van der Waals surface area contributed by atoms with Gasteiger partial charge in [0, 0.05) is 31.6 Å².